The first kappa shape index (κ1) is 15.3. The molecule has 2 saturated heterocycles. The summed E-state index contributed by atoms with van der Waals surface area (Å²) in [7, 11) is 0. The van der Waals surface area contributed by atoms with Crippen LogP contribution in [0.4, 0.5) is 10.6 Å². The molecule has 3 rings (SSSR count). The van der Waals surface area contributed by atoms with E-state index < -0.39 is 5.60 Å². The van der Waals surface area contributed by atoms with E-state index in [1.807, 2.05) is 31.7 Å². The molecule has 0 spiro atoms. The highest BCUT2D eigenvalue weighted by Crippen LogP contribution is 2.33. The van der Waals surface area contributed by atoms with Crippen LogP contribution in [-0.4, -0.2) is 51.7 Å². The first-order valence-corrected chi connectivity index (χ1v) is 7.96. The Hall–Kier alpha value is -1.56. The van der Waals surface area contributed by atoms with E-state index in [-0.39, 0.29) is 23.5 Å². The van der Waals surface area contributed by atoms with Crippen LogP contribution in [0.25, 0.3) is 0 Å². The number of nitrogens with zero attached hydrogens (tertiary/aromatic N) is 4. The smallest absolute Gasteiger partial charge is 0.410 e. The van der Waals surface area contributed by atoms with Gasteiger partial charge in [-0.1, -0.05) is 0 Å². The van der Waals surface area contributed by atoms with Crippen LogP contribution < -0.4 is 4.90 Å². The molecule has 6 nitrogen and oxygen atoms in total. The lowest BCUT2D eigenvalue weighted by atomic mass is 10.2. The quantitative estimate of drug-likeness (QED) is 0.743. The predicted octanol–water partition coefficient (Wildman–Crippen LogP) is 2.72. The number of halogens is 1. The van der Waals surface area contributed by atoms with Crippen molar-refractivity contribution < 1.29 is 9.53 Å². The summed E-state index contributed by atoms with van der Waals surface area (Å²) >= 11 is 5.87. The van der Waals surface area contributed by atoms with Gasteiger partial charge in [0.2, 0.25) is 5.28 Å². The highest BCUT2D eigenvalue weighted by molar-refractivity contribution is 6.28. The van der Waals surface area contributed by atoms with E-state index >= 15 is 0 Å². The zero-order valence-corrected chi connectivity index (χ0v) is 13.9. The topological polar surface area (TPSA) is 58.6 Å². The van der Waals surface area contributed by atoms with E-state index in [4.69, 9.17) is 16.3 Å². The largest absolute Gasteiger partial charge is 0.444 e. The van der Waals surface area contributed by atoms with Gasteiger partial charge in [0, 0.05) is 19.3 Å². The molecule has 0 N–H and O–H groups in total. The first-order valence-electron chi connectivity index (χ1n) is 7.58. The fourth-order valence-electron chi connectivity index (χ4n) is 3.20. The average molecular weight is 325 g/mol. The van der Waals surface area contributed by atoms with Crippen LogP contribution in [0.2, 0.25) is 5.28 Å². The van der Waals surface area contributed by atoms with Gasteiger partial charge in [0.15, 0.2) is 0 Å². The van der Waals surface area contributed by atoms with Crippen molar-refractivity contribution in [2.45, 2.75) is 51.3 Å². The third-order valence-electron chi connectivity index (χ3n) is 4.02. The number of ether oxygens (including phenoxy) is 1. The number of anilines is 1. The predicted molar refractivity (Wildman–Crippen MR) is 84.1 cm³/mol. The van der Waals surface area contributed by atoms with Crippen LogP contribution in [0.3, 0.4) is 0 Å². The minimum Gasteiger partial charge on any atom is -0.444 e. The number of aromatic nitrogens is 2. The zero-order chi connectivity index (χ0) is 15.9. The molecular weight excluding hydrogens is 304 g/mol. The molecule has 1 amide bonds. The summed E-state index contributed by atoms with van der Waals surface area (Å²) in [6, 6.07) is 2.19. The molecule has 7 heteroatoms. The first-order chi connectivity index (χ1) is 10.3. The maximum Gasteiger partial charge on any atom is 0.410 e. The fraction of sp³-hybridized carbons (Fsp3) is 0.667. The van der Waals surface area contributed by atoms with E-state index in [0.717, 1.165) is 31.7 Å². The van der Waals surface area contributed by atoms with Gasteiger partial charge >= 0.3 is 6.09 Å². The summed E-state index contributed by atoms with van der Waals surface area (Å²) in [5, 5.41) is 0.249. The summed E-state index contributed by atoms with van der Waals surface area (Å²) in [5.74, 6) is 0.820. The van der Waals surface area contributed by atoms with Crippen LogP contribution in [0.1, 0.15) is 33.6 Å². The highest BCUT2D eigenvalue weighted by atomic mass is 35.5. The Morgan fingerprint density at radius 3 is 2.50 bits per heavy atom. The molecule has 3 heterocycles. The van der Waals surface area contributed by atoms with Gasteiger partial charge in [0.1, 0.15) is 11.4 Å². The number of fused-ring (bicyclic) bond motifs is 2. The van der Waals surface area contributed by atoms with Gasteiger partial charge in [-0.15, -0.1) is 0 Å². The number of rotatable bonds is 1. The van der Waals surface area contributed by atoms with Gasteiger partial charge in [-0.2, -0.15) is 0 Å². The van der Waals surface area contributed by atoms with Crippen LogP contribution in [-0.2, 0) is 4.74 Å². The fourth-order valence-corrected chi connectivity index (χ4v) is 3.35. The third kappa shape index (κ3) is 3.11. The molecule has 0 radical (unpaired) electrons. The molecule has 1 aromatic heterocycles. The van der Waals surface area contributed by atoms with Crippen molar-refractivity contribution in [1.29, 1.82) is 0 Å². The van der Waals surface area contributed by atoms with E-state index in [1.54, 1.807) is 6.20 Å². The number of amides is 1. The molecule has 0 unspecified atom stereocenters. The number of hydrogen-bond acceptors (Lipinski definition) is 5. The lowest BCUT2D eigenvalue weighted by Gasteiger charge is -2.41. The van der Waals surface area contributed by atoms with E-state index in [2.05, 4.69) is 14.9 Å². The Kier molecular flexibility index (Phi) is 3.89. The minimum atomic E-state index is -0.464. The molecule has 120 valence electrons. The molecule has 0 aliphatic carbocycles. The second kappa shape index (κ2) is 5.57. The summed E-state index contributed by atoms with van der Waals surface area (Å²) in [6.45, 7) is 7.19. The molecular formula is C15H21ClN4O2. The Balaban J connectivity index is 1.73. The second-order valence-electron chi connectivity index (χ2n) is 6.86. The highest BCUT2D eigenvalue weighted by Gasteiger charge is 2.44. The van der Waals surface area contributed by atoms with Crippen molar-refractivity contribution in [3.05, 3.63) is 17.5 Å². The number of piperazine rings is 1. The van der Waals surface area contributed by atoms with Gasteiger partial charge in [-0.25, -0.2) is 14.8 Å². The molecule has 2 aliphatic heterocycles. The molecule has 0 saturated carbocycles. The Labute approximate surface area is 135 Å². The monoisotopic (exact) mass is 324 g/mol. The van der Waals surface area contributed by atoms with E-state index in [9.17, 15) is 4.79 Å². The van der Waals surface area contributed by atoms with Crippen LogP contribution in [0, 0.1) is 0 Å². The lowest BCUT2D eigenvalue weighted by molar-refractivity contribution is 0.0122. The molecule has 2 bridgehead atoms. The van der Waals surface area contributed by atoms with Crippen molar-refractivity contribution in [3.8, 4) is 0 Å². The zero-order valence-electron chi connectivity index (χ0n) is 13.1. The van der Waals surface area contributed by atoms with Gasteiger partial charge in [-0.05, 0) is 51.3 Å². The summed E-state index contributed by atoms with van der Waals surface area (Å²) < 4.78 is 5.54. The summed E-state index contributed by atoms with van der Waals surface area (Å²) in [4.78, 5) is 24.7. The van der Waals surface area contributed by atoms with Gasteiger partial charge in [0.05, 0.1) is 12.1 Å². The van der Waals surface area contributed by atoms with E-state index in [1.165, 1.54) is 0 Å². The van der Waals surface area contributed by atoms with E-state index in [0.29, 0.717) is 0 Å². The maximum absolute atomic E-state index is 12.4. The van der Waals surface area contributed by atoms with Crippen LogP contribution in [0.15, 0.2) is 12.3 Å². The Bertz CT molecular complexity index is 561. The van der Waals surface area contributed by atoms with Gasteiger partial charge in [-0.3, -0.25) is 4.90 Å². The number of carbonyl (C=O) groups is 1. The Morgan fingerprint density at radius 1 is 1.32 bits per heavy atom. The van der Waals surface area contributed by atoms with Gasteiger partial charge in [0.25, 0.3) is 0 Å². The van der Waals surface area contributed by atoms with Crippen molar-refractivity contribution >= 4 is 23.5 Å². The van der Waals surface area contributed by atoms with Crippen molar-refractivity contribution in [3.63, 3.8) is 0 Å². The molecule has 1 aromatic rings. The standard InChI is InChI=1S/C15H21ClN4O2/c1-15(2,3)22-14(21)20-10-4-5-11(20)9-19(8-10)12-6-7-17-13(16)18-12/h6-7,10-11H,4-5,8-9H2,1-3H3/t10-,11-/m0/s1. The molecule has 2 aliphatic rings. The molecule has 2 atom stereocenters. The molecule has 2 fully saturated rings. The second-order valence-corrected chi connectivity index (χ2v) is 7.20. The molecule has 0 aromatic carbocycles. The van der Waals surface area contributed by atoms with Gasteiger partial charge < -0.3 is 9.64 Å². The normalized spacial score (nSPS) is 24.5. The molecule has 22 heavy (non-hydrogen) atoms. The minimum absolute atomic E-state index is 0.169. The lowest BCUT2D eigenvalue weighted by Crippen LogP contribution is -2.57. The summed E-state index contributed by atoms with van der Waals surface area (Å²) in [6.07, 6.45) is 3.45. The Morgan fingerprint density at radius 2 is 1.95 bits per heavy atom. The summed E-state index contributed by atoms with van der Waals surface area (Å²) in [5.41, 5.74) is -0.464. The van der Waals surface area contributed by atoms with Crippen LogP contribution >= 0.6 is 11.6 Å². The van der Waals surface area contributed by atoms with Crippen molar-refractivity contribution in [1.82, 2.24) is 14.9 Å². The van der Waals surface area contributed by atoms with Crippen LogP contribution in [0.5, 0.6) is 0 Å². The maximum atomic E-state index is 12.4. The third-order valence-corrected chi connectivity index (χ3v) is 4.20. The SMILES string of the molecule is CC(C)(C)OC(=O)N1[C@H]2CC[C@H]1CN(c1ccnc(Cl)n1)C2. The van der Waals surface area contributed by atoms with Crippen molar-refractivity contribution in [2.75, 3.05) is 18.0 Å². The number of carbonyl (C=O) groups excluding carboxylic acids is 1. The van der Waals surface area contributed by atoms with Crippen molar-refractivity contribution in [2.24, 2.45) is 0 Å². The average Bonchev–Trinajstić information content (AvgIpc) is 2.68. The number of hydrogen-bond donors (Lipinski definition) is 0.